The quantitative estimate of drug-likeness (QED) is 0.544. The molecule has 4 heteroatoms. The van der Waals surface area contributed by atoms with Crippen LogP contribution in [-0.2, 0) is 11.2 Å². The molecule has 0 fully saturated rings. The van der Waals surface area contributed by atoms with Gasteiger partial charge in [0.25, 0.3) is 0 Å². The molecule has 1 aromatic carbocycles. The first-order valence-electron chi connectivity index (χ1n) is 7.65. The lowest BCUT2D eigenvalue weighted by Gasteiger charge is -2.20. The van der Waals surface area contributed by atoms with Crippen molar-refractivity contribution in [3.63, 3.8) is 0 Å². The highest BCUT2D eigenvalue weighted by Crippen LogP contribution is 2.32. The summed E-state index contributed by atoms with van der Waals surface area (Å²) in [7, 11) is 0. The summed E-state index contributed by atoms with van der Waals surface area (Å²) in [4.78, 5) is 13.2. The topological polar surface area (TPSA) is 53.3 Å². The van der Waals surface area contributed by atoms with E-state index in [2.05, 4.69) is 17.9 Å². The molecule has 0 saturated carbocycles. The lowest BCUT2D eigenvalue weighted by molar-refractivity contribution is 0.112. The number of fused-ring (bicyclic) bond motifs is 1. The highest BCUT2D eigenvalue weighted by molar-refractivity contribution is 5.80. The largest absolute Gasteiger partial charge is 0.381 e. The van der Waals surface area contributed by atoms with Gasteiger partial charge >= 0.3 is 0 Å². The van der Waals surface area contributed by atoms with Crippen LogP contribution in [0.1, 0.15) is 47.7 Å². The van der Waals surface area contributed by atoms with Crippen molar-refractivity contribution in [2.45, 2.75) is 32.6 Å². The summed E-state index contributed by atoms with van der Waals surface area (Å²) < 4.78 is 5.58. The molecular formula is C17H22N2O2. The molecule has 112 valence electrons. The van der Waals surface area contributed by atoms with Crippen LogP contribution in [0.3, 0.4) is 0 Å². The predicted molar refractivity (Wildman–Crippen MR) is 82.8 cm³/mol. The Hall–Kier alpha value is -1.86. The molecule has 0 unspecified atom stereocenters. The Kier molecular flexibility index (Phi) is 5.77. The zero-order valence-corrected chi connectivity index (χ0v) is 12.6. The first-order chi connectivity index (χ1) is 10.3. The maximum Gasteiger partial charge on any atom is 0.150 e. The lowest BCUT2D eigenvalue weighted by Crippen LogP contribution is -2.23. The van der Waals surface area contributed by atoms with Crippen molar-refractivity contribution in [2.75, 3.05) is 31.2 Å². The number of ether oxygens (including phenoxy) is 1. The highest BCUT2D eigenvalue weighted by Gasteiger charge is 2.22. The summed E-state index contributed by atoms with van der Waals surface area (Å²) in [5.74, 6) is 0. The Balaban J connectivity index is 1.95. The van der Waals surface area contributed by atoms with Crippen LogP contribution in [0.2, 0.25) is 0 Å². The molecule has 4 nitrogen and oxygen atoms in total. The SMILES string of the molecule is CCCCOCCCN1CCc2cc(C=O)cc(C#N)c21. The molecule has 21 heavy (non-hydrogen) atoms. The van der Waals surface area contributed by atoms with Gasteiger partial charge < -0.3 is 9.64 Å². The van der Waals surface area contributed by atoms with E-state index in [4.69, 9.17) is 4.74 Å². The number of nitrogens with zero attached hydrogens (tertiary/aromatic N) is 2. The van der Waals surface area contributed by atoms with Crippen molar-refractivity contribution in [2.24, 2.45) is 0 Å². The van der Waals surface area contributed by atoms with Gasteiger partial charge in [-0.3, -0.25) is 4.79 Å². The monoisotopic (exact) mass is 286 g/mol. The van der Waals surface area contributed by atoms with E-state index < -0.39 is 0 Å². The van der Waals surface area contributed by atoms with Crippen LogP contribution in [0.25, 0.3) is 0 Å². The Bertz CT molecular complexity index is 534. The average molecular weight is 286 g/mol. The Morgan fingerprint density at radius 1 is 1.38 bits per heavy atom. The summed E-state index contributed by atoms with van der Waals surface area (Å²) >= 11 is 0. The van der Waals surface area contributed by atoms with Crippen LogP contribution in [0.15, 0.2) is 12.1 Å². The van der Waals surface area contributed by atoms with E-state index >= 15 is 0 Å². The number of rotatable bonds is 8. The van der Waals surface area contributed by atoms with Crippen molar-refractivity contribution in [1.82, 2.24) is 0 Å². The molecule has 1 aromatic rings. The number of carbonyl (C=O) groups excluding carboxylic acids is 1. The molecule has 0 N–H and O–H groups in total. The fraction of sp³-hybridized carbons (Fsp3) is 0.529. The van der Waals surface area contributed by atoms with Crippen LogP contribution >= 0.6 is 0 Å². The molecule has 0 radical (unpaired) electrons. The van der Waals surface area contributed by atoms with Gasteiger partial charge in [0.1, 0.15) is 12.4 Å². The molecule has 1 heterocycles. The third-order valence-corrected chi connectivity index (χ3v) is 3.79. The van der Waals surface area contributed by atoms with E-state index in [-0.39, 0.29) is 0 Å². The number of aldehydes is 1. The van der Waals surface area contributed by atoms with E-state index in [9.17, 15) is 10.1 Å². The van der Waals surface area contributed by atoms with Crippen LogP contribution < -0.4 is 4.90 Å². The number of hydrogen-bond donors (Lipinski definition) is 0. The minimum Gasteiger partial charge on any atom is -0.381 e. The third kappa shape index (κ3) is 3.83. The molecule has 1 aliphatic heterocycles. The lowest BCUT2D eigenvalue weighted by atomic mass is 10.0. The molecule has 1 aliphatic rings. The third-order valence-electron chi connectivity index (χ3n) is 3.79. The van der Waals surface area contributed by atoms with Gasteiger partial charge in [0.15, 0.2) is 0 Å². The van der Waals surface area contributed by atoms with E-state index in [1.54, 1.807) is 6.07 Å². The summed E-state index contributed by atoms with van der Waals surface area (Å²) in [6.45, 7) is 5.57. The smallest absolute Gasteiger partial charge is 0.150 e. The standard InChI is InChI=1S/C17H22N2O2/c1-2-3-8-21-9-4-6-19-7-5-15-10-14(13-20)11-16(12-18)17(15)19/h10-11,13H,2-9H2,1H3. The van der Waals surface area contributed by atoms with Gasteiger partial charge in [-0.1, -0.05) is 13.3 Å². The minimum atomic E-state index is 0.593. The van der Waals surface area contributed by atoms with Gasteiger partial charge in [-0.15, -0.1) is 0 Å². The number of unbranched alkanes of at least 4 members (excludes halogenated alkanes) is 1. The Morgan fingerprint density at radius 3 is 2.90 bits per heavy atom. The first kappa shape index (κ1) is 15.5. The van der Waals surface area contributed by atoms with Gasteiger partial charge in [0.05, 0.1) is 11.3 Å². The molecule has 2 rings (SSSR count). The van der Waals surface area contributed by atoms with Gasteiger partial charge in [-0.2, -0.15) is 5.26 Å². The van der Waals surface area contributed by atoms with Crippen LogP contribution in [0, 0.1) is 11.3 Å². The van der Waals surface area contributed by atoms with Gasteiger partial charge in [0, 0.05) is 31.9 Å². The molecule has 0 aromatic heterocycles. The van der Waals surface area contributed by atoms with Crippen molar-refractivity contribution >= 4 is 12.0 Å². The van der Waals surface area contributed by atoms with E-state index in [1.807, 2.05) is 6.07 Å². The Morgan fingerprint density at radius 2 is 2.19 bits per heavy atom. The van der Waals surface area contributed by atoms with E-state index in [0.29, 0.717) is 11.1 Å². The maximum atomic E-state index is 10.9. The van der Waals surface area contributed by atoms with Crippen LogP contribution in [-0.4, -0.2) is 32.6 Å². The van der Waals surface area contributed by atoms with Crippen molar-refractivity contribution in [1.29, 1.82) is 5.26 Å². The van der Waals surface area contributed by atoms with Crippen LogP contribution in [0.4, 0.5) is 5.69 Å². The van der Waals surface area contributed by atoms with Gasteiger partial charge in [0.2, 0.25) is 0 Å². The van der Waals surface area contributed by atoms with Crippen LogP contribution in [0.5, 0.6) is 0 Å². The fourth-order valence-electron chi connectivity index (χ4n) is 2.73. The summed E-state index contributed by atoms with van der Waals surface area (Å²) in [5.41, 5.74) is 3.33. The zero-order valence-electron chi connectivity index (χ0n) is 12.6. The molecule has 0 amide bonds. The van der Waals surface area contributed by atoms with Crippen molar-refractivity contribution in [3.05, 3.63) is 28.8 Å². The molecule has 0 atom stereocenters. The van der Waals surface area contributed by atoms with E-state index in [0.717, 1.165) is 69.5 Å². The van der Waals surface area contributed by atoms with Crippen molar-refractivity contribution in [3.8, 4) is 6.07 Å². The van der Waals surface area contributed by atoms with Gasteiger partial charge in [-0.05, 0) is 37.0 Å². The fourth-order valence-corrected chi connectivity index (χ4v) is 2.73. The van der Waals surface area contributed by atoms with Crippen molar-refractivity contribution < 1.29 is 9.53 Å². The number of hydrogen-bond acceptors (Lipinski definition) is 4. The van der Waals surface area contributed by atoms with E-state index in [1.165, 1.54) is 0 Å². The number of carbonyl (C=O) groups is 1. The summed E-state index contributed by atoms with van der Waals surface area (Å²) in [6.07, 6.45) is 4.95. The molecule has 0 bridgehead atoms. The Labute approximate surface area is 126 Å². The second-order valence-electron chi connectivity index (χ2n) is 5.36. The predicted octanol–water partition coefficient (Wildman–Crippen LogP) is 2.94. The molecule has 0 saturated heterocycles. The van der Waals surface area contributed by atoms with Gasteiger partial charge in [-0.25, -0.2) is 0 Å². The highest BCUT2D eigenvalue weighted by atomic mass is 16.5. The second kappa shape index (κ2) is 7.80. The maximum absolute atomic E-state index is 10.9. The molecule has 0 spiro atoms. The number of anilines is 1. The number of nitriles is 1. The average Bonchev–Trinajstić information content (AvgIpc) is 2.93. The normalized spacial score (nSPS) is 13.0. The molecular weight excluding hydrogens is 264 g/mol. The minimum absolute atomic E-state index is 0.593. The summed E-state index contributed by atoms with van der Waals surface area (Å²) in [5, 5.41) is 9.29. The second-order valence-corrected chi connectivity index (χ2v) is 5.36. The zero-order chi connectivity index (χ0) is 15.1. The molecule has 0 aliphatic carbocycles. The summed E-state index contributed by atoms with van der Waals surface area (Å²) in [6, 6.07) is 5.80. The first-order valence-corrected chi connectivity index (χ1v) is 7.65. The number of benzene rings is 1.